The van der Waals surface area contributed by atoms with Gasteiger partial charge in [0.15, 0.2) is 5.96 Å². The lowest BCUT2D eigenvalue weighted by atomic mass is 10.0. The first kappa shape index (κ1) is 46.2. The van der Waals surface area contributed by atoms with Crippen molar-refractivity contribution in [1.82, 2.24) is 37.2 Å². The molecule has 0 radical (unpaired) electrons. The van der Waals surface area contributed by atoms with E-state index >= 15 is 0 Å². The van der Waals surface area contributed by atoms with E-state index in [1.54, 1.807) is 42.6 Å². The number of carbonyl (C=O) groups excluding carboxylic acids is 7. The van der Waals surface area contributed by atoms with Gasteiger partial charge in [0.2, 0.25) is 35.4 Å². The van der Waals surface area contributed by atoms with Crippen molar-refractivity contribution in [3.63, 3.8) is 0 Å². The van der Waals surface area contributed by atoms with E-state index in [0.29, 0.717) is 12.0 Å². The van der Waals surface area contributed by atoms with Crippen LogP contribution in [0.5, 0.6) is 0 Å². The summed E-state index contributed by atoms with van der Waals surface area (Å²) in [5.41, 5.74) is 11.3. The van der Waals surface area contributed by atoms with E-state index in [0.717, 1.165) is 0 Å². The maximum absolute atomic E-state index is 13.8. The minimum Gasteiger partial charge on any atom is -0.481 e. The zero-order valence-electron chi connectivity index (χ0n) is 30.7. The van der Waals surface area contributed by atoms with Gasteiger partial charge in [0.05, 0.1) is 13.0 Å². The molecule has 1 heterocycles. The third-order valence-electron chi connectivity index (χ3n) is 8.26. The molecule has 19 nitrogen and oxygen atoms in total. The summed E-state index contributed by atoms with van der Waals surface area (Å²) in [6.07, 6.45) is -5.64. The Kier molecular flexibility index (Phi) is 19.0. The van der Waals surface area contributed by atoms with Gasteiger partial charge >= 0.3 is 18.1 Å². The number of guanidine groups is 1. The molecule has 0 bridgehead atoms. The number of nitrogens with one attached hydrogen (secondary N) is 7. The second-order valence-electron chi connectivity index (χ2n) is 12.9. The maximum Gasteiger partial charge on any atom is 0.471 e. The normalized spacial score (nSPS) is 20.3. The van der Waals surface area contributed by atoms with Gasteiger partial charge in [0, 0.05) is 19.5 Å². The average molecular weight is 799 g/mol. The highest BCUT2D eigenvalue weighted by molar-refractivity contribution is 5.98. The Hall–Kier alpha value is -5.96. The largest absolute Gasteiger partial charge is 0.481 e. The van der Waals surface area contributed by atoms with Gasteiger partial charge in [0.25, 0.3) is 0 Å². The smallest absolute Gasteiger partial charge is 0.471 e. The molecule has 12 N–H and O–H groups in total. The number of aliphatic imine (C=N–C) groups is 1. The van der Waals surface area contributed by atoms with E-state index in [1.807, 2.05) is 0 Å². The molecule has 310 valence electrons. The summed E-state index contributed by atoms with van der Waals surface area (Å²) in [6, 6.07) is 1.24. The predicted molar refractivity (Wildman–Crippen MR) is 193 cm³/mol. The molecule has 1 aromatic rings. The summed E-state index contributed by atoms with van der Waals surface area (Å²) in [6.45, 7) is 0.893. The summed E-state index contributed by atoms with van der Waals surface area (Å²) in [5.74, 6) is -9.28. The zero-order chi connectivity index (χ0) is 41.8. The predicted octanol–water partition coefficient (Wildman–Crippen LogP) is -2.04. The number of alkyl halides is 3. The summed E-state index contributed by atoms with van der Waals surface area (Å²) in [7, 11) is 0. The second-order valence-corrected chi connectivity index (χ2v) is 12.9. The minimum absolute atomic E-state index is 0.0369. The number of rotatable bonds is 17. The number of hydrogen-bond donors (Lipinski definition) is 10. The SMILES string of the molecule is CCC[C@H](NC(=O)C(F)(F)F)C(=O)NCCCC[C@@H]1NC(=O)[C@@H](Cc2ccccc2)NC(=O)[C@H](CC(=O)O)NC(=O)CNC(=O)[C@H](CCCN=C(N)N)NC1=O. The number of hydrogen-bond acceptors (Lipinski definition) is 9. The topological polar surface area (TPSA) is 305 Å². The molecule has 1 fully saturated rings. The van der Waals surface area contributed by atoms with Crippen molar-refractivity contribution >= 4 is 53.3 Å². The fraction of sp³-hybridized carbons (Fsp3) is 0.559. The van der Waals surface area contributed by atoms with E-state index in [1.165, 1.54) is 0 Å². The summed E-state index contributed by atoms with van der Waals surface area (Å²) in [4.78, 5) is 106. The molecule has 56 heavy (non-hydrogen) atoms. The lowest BCUT2D eigenvalue weighted by molar-refractivity contribution is -0.174. The first-order chi connectivity index (χ1) is 26.4. The van der Waals surface area contributed by atoms with E-state index in [-0.39, 0.29) is 64.0 Å². The van der Waals surface area contributed by atoms with Crippen molar-refractivity contribution < 1.29 is 56.6 Å². The molecule has 0 aliphatic carbocycles. The molecular formula is C34H49F3N10O9. The fourth-order valence-electron chi connectivity index (χ4n) is 5.44. The fourth-order valence-corrected chi connectivity index (χ4v) is 5.44. The summed E-state index contributed by atoms with van der Waals surface area (Å²) >= 11 is 0. The second kappa shape index (κ2) is 23.1. The maximum atomic E-state index is 13.8. The van der Waals surface area contributed by atoms with Crippen molar-refractivity contribution in [2.75, 3.05) is 19.6 Å². The molecule has 1 saturated heterocycles. The molecule has 0 spiro atoms. The van der Waals surface area contributed by atoms with Gasteiger partial charge in [-0.25, -0.2) is 0 Å². The van der Waals surface area contributed by atoms with Gasteiger partial charge < -0.3 is 53.8 Å². The number of benzene rings is 1. The van der Waals surface area contributed by atoms with Crippen molar-refractivity contribution in [3.8, 4) is 0 Å². The van der Waals surface area contributed by atoms with Crippen LogP contribution in [0.3, 0.4) is 0 Å². The van der Waals surface area contributed by atoms with Crippen LogP contribution < -0.4 is 48.7 Å². The molecule has 0 saturated carbocycles. The van der Waals surface area contributed by atoms with Crippen LogP contribution in [0.15, 0.2) is 35.3 Å². The van der Waals surface area contributed by atoms with Gasteiger partial charge in [0.1, 0.15) is 30.2 Å². The monoisotopic (exact) mass is 798 g/mol. The number of carbonyl (C=O) groups is 8. The van der Waals surface area contributed by atoms with E-state index in [2.05, 4.69) is 36.9 Å². The number of amides is 7. The third kappa shape index (κ3) is 17.0. The van der Waals surface area contributed by atoms with Crippen molar-refractivity contribution in [3.05, 3.63) is 35.9 Å². The number of carboxylic acid groups (broad SMARTS) is 1. The molecule has 5 atom stereocenters. The van der Waals surface area contributed by atoms with Crippen LogP contribution in [0.4, 0.5) is 13.2 Å². The number of nitrogens with two attached hydrogens (primary N) is 2. The first-order valence-corrected chi connectivity index (χ1v) is 17.9. The zero-order valence-corrected chi connectivity index (χ0v) is 30.7. The number of nitrogens with zero attached hydrogens (tertiary/aromatic N) is 1. The molecule has 1 aliphatic heterocycles. The summed E-state index contributed by atoms with van der Waals surface area (Å²) < 4.78 is 38.4. The van der Waals surface area contributed by atoms with E-state index < -0.39 is 96.7 Å². The molecular weight excluding hydrogens is 749 g/mol. The van der Waals surface area contributed by atoms with Crippen LogP contribution in [-0.2, 0) is 44.8 Å². The van der Waals surface area contributed by atoms with Gasteiger partial charge in [-0.05, 0) is 44.1 Å². The molecule has 22 heteroatoms. The van der Waals surface area contributed by atoms with Crippen LogP contribution in [0.1, 0.15) is 63.9 Å². The van der Waals surface area contributed by atoms with Gasteiger partial charge in [-0.15, -0.1) is 0 Å². The molecule has 0 aromatic heterocycles. The number of unbranched alkanes of at least 4 members (excludes halogenated alkanes) is 1. The number of halogens is 3. The van der Waals surface area contributed by atoms with Crippen molar-refractivity contribution in [1.29, 1.82) is 0 Å². The molecule has 0 unspecified atom stereocenters. The van der Waals surface area contributed by atoms with E-state index in [4.69, 9.17) is 11.5 Å². The van der Waals surface area contributed by atoms with Crippen molar-refractivity contribution in [2.45, 2.75) is 101 Å². The quantitative estimate of drug-likeness (QED) is 0.0465. The van der Waals surface area contributed by atoms with Crippen LogP contribution in [0.25, 0.3) is 0 Å². The Labute approximate surface area is 320 Å². The highest BCUT2D eigenvalue weighted by Gasteiger charge is 2.40. The van der Waals surface area contributed by atoms with E-state index in [9.17, 15) is 56.6 Å². The average Bonchev–Trinajstić information content (AvgIpc) is 3.12. The third-order valence-corrected chi connectivity index (χ3v) is 8.26. The Morgan fingerprint density at radius 1 is 0.857 bits per heavy atom. The lowest BCUT2D eigenvalue weighted by Crippen LogP contribution is -2.58. The Morgan fingerprint density at radius 2 is 1.45 bits per heavy atom. The first-order valence-electron chi connectivity index (χ1n) is 17.9. The molecule has 1 aromatic carbocycles. The number of carboxylic acids is 1. The Balaban J connectivity index is 2.37. The highest BCUT2D eigenvalue weighted by atomic mass is 19.4. The molecule has 1 aliphatic rings. The van der Waals surface area contributed by atoms with Crippen LogP contribution >= 0.6 is 0 Å². The van der Waals surface area contributed by atoms with Crippen LogP contribution in [0, 0.1) is 0 Å². The lowest BCUT2D eigenvalue weighted by Gasteiger charge is -2.26. The van der Waals surface area contributed by atoms with Crippen LogP contribution in [0.2, 0.25) is 0 Å². The van der Waals surface area contributed by atoms with Crippen molar-refractivity contribution in [2.24, 2.45) is 16.5 Å². The highest BCUT2D eigenvalue weighted by Crippen LogP contribution is 2.15. The molecule has 7 amide bonds. The van der Waals surface area contributed by atoms with Crippen LogP contribution in [-0.4, -0.2) is 114 Å². The standard InChI is InChI=1S/C34H49F3N10O9/c1-2-9-20(47-32(56)34(35,36)37)27(51)40-14-7-6-12-22-29(53)44-21(13-8-15-41-33(38)39)28(52)42-18-25(48)43-24(17-26(49)50)31(55)46-23(30(54)45-22)16-19-10-4-3-5-11-19/h3-5,10-11,20-24H,2,6-9,12-18H2,1H3,(H,40,51)(H,42,52)(H,43,48)(H,44,53)(H,45,54)(H,46,55)(H,47,56)(H,49,50)(H4,38,39,41)/t20-,21-,22-,23+,24-/m0/s1. The van der Waals surface area contributed by atoms with Gasteiger partial charge in [-0.2, -0.15) is 13.2 Å². The minimum atomic E-state index is -5.19. The number of aliphatic carboxylic acids is 1. The summed E-state index contributed by atoms with van der Waals surface area (Å²) in [5, 5.41) is 25.8. The molecule has 2 rings (SSSR count). The Morgan fingerprint density at radius 3 is 2.05 bits per heavy atom. The van der Waals surface area contributed by atoms with Gasteiger partial charge in [-0.1, -0.05) is 43.7 Å². The van der Waals surface area contributed by atoms with Gasteiger partial charge in [-0.3, -0.25) is 43.3 Å². The Bertz CT molecular complexity index is 1580.